The molecule has 0 spiro atoms. The average Bonchev–Trinajstić information content (AvgIpc) is 2.26. The van der Waals surface area contributed by atoms with E-state index in [0.717, 1.165) is 0 Å². The molecule has 0 heterocycles. The minimum Gasteiger partial charge on any atom is -0.279 e. The lowest BCUT2D eigenvalue weighted by atomic mass is 11.0. The summed E-state index contributed by atoms with van der Waals surface area (Å²) in [5.74, 6) is 0. The first-order valence-corrected chi connectivity index (χ1v) is 7.62. The Labute approximate surface area is 139 Å². The van der Waals surface area contributed by atoms with E-state index in [1.165, 1.54) is 20.8 Å². The molecule has 0 unspecified atom stereocenters. The molecule has 0 saturated heterocycles. The predicted molar refractivity (Wildman–Crippen MR) is 69.1 cm³/mol. The molecule has 0 saturated carbocycles. The Morgan fingerprint density at radius 2 is 0.680 bits per heavy atom. The third kappa shape index (κ3) is 34.3. The van der Waals surface area contributed by atoms with Crippen molar-refractivity contribution in [3.8, 4) is 18.2 Å². The topological polar surface area (TPSA) is 180 Å². The summed E-state index contributed by atoms with van der Waals surface area (Å²) >= 11 is 0. The van der Waals surface area contributed by atoms with E-state index in [2.05, 4.69) is 0 Å². The van der Waals surface area contributed by atoms with Crippen molar-refractivity contribution in [3.05, 3.63) is 0 Å². The maximum absolute atomic E-state index is 10.7. The average molecular weight is 423 g/mol. The number of hydrogen-bond acceptors (Lipinski definition) is 7. The van der Waals surface area contributed by atoms with Crippen molar-refractivity contribution >= 4 is 20.2 Å². The largest absolute Gasteiger partial charge is 0.522 e. The molecular weight excluding hydrogens is 412 g/mol. The van der Waals surface area contributed by atoms with Crippen LogP contribution in [0.4, 0.5) is 26.3 Å². The van der Waals surface area contributed by atoms with Crippen LogP contribution >= 0.6 is 0 Å². The van der Waals surface area contributed by atoms with Gasteiger partial charge in [0, 0.05) is 20.8 Å². The first-order chi connectivity index (χ1) is 10.7. The molecule has 0 fully saturated rings. The third-order valence-electron chi connectivity index (χ3n) is 0.585. The minimum absolute atomic E-state index is 1.43. The molecule has 148 valence electrons. The zero-order valence-electron chi connectivity index (χ0n) is 12.5. The molecule has 0 aliphatic carbocycles. The Bertz CT molecular complexity index is 593. The van der Waals surface area contributed by atoms with Crippen molar-refractivity contribution in [1.82, 2.24) is 0 Å². The number of alkyl halides is 6. The van der Waals surface area contributed by atoms with Gasteiger partial charge in [0.15, 0.2) is 0 Å². The molecule has 17 heteroatoms. The zero-order valence-corrected chi connectivity index (χ0v) is 14.1. The maximum Gasteiger partial charge on any atom is 0.522 e. The van der Waals surface area contributed by atoms with Crippen molar-refractivity contribution in [2.75, 3.05) is 0 Å². The summed E-state index contributed by atoms with van der Waals surface area (Å²) in [4.78, 5) is 0. The van der Waals surface area contributed by atoms with Crippen molar-refractivity contribution < 1.29 is 52.3 Å². The SMILES string of the molecule is CC#N.CC#N.CC#N.O=S(=O)(O)C(F)(F)F.O=S(=O)(O)C(F)(F)F. The highest BCUT2D eigenvalue weighted by molar-refractivity contribution is 7.86. The molecule has 0 amide bonds. The molecule has 0 aromatic heterocycles. The summed E-state index contributed by atoms with van der Waals surface area (Å²) in [5.41, 5.74) is -11.1. The van der Waals surface area contributed by atoms with Gasteiger partial charge in [-0.3, -0.25) is 9.11 Å². The minimum atomic E-state index is -5.84. The number of rotatable bonds is 0. The number of nitrogens with zero attached hydrogens (tertiary/aromatic N) is 3. The van der Waals surface area contributed by atoms with E-state index in [4.69, 9.17) is 41.7 Å². The number of nitriles is 3. The van der Waals surface area contributed by atoms with E-state index in [9.17, 15) is 26.3 Å². The third-order valence-corrected chi connectivity index (χ3v) is 1.75. The normalized spacial score (nSPS) is 9.92. The van der Waals surface area contributed by atoms with Crippen LogP contribution in [0.15, 0.2) is 0 Å². The van der Waals surface area contributed by atoms with Gasteiger partial charge in [-0.05, 0) is 0 Å². The predicted octanol–water partition coefficient (Wildman–Crippen LogP) is 2.38. The summed E-state index contributed by atoms with van der Waals surface area (Å²) in [6, 6.07) is 5.25. The van der Waals surface area contributed by atoms with E-state index in [1.807, 2.05) is 0 Å². The van der Waals surface area contributed by atoms with E-state index in [1.54, 1.807) is 18.2 Å². The van der Waals surface area contributed by atoms with E-state index in [-0.39, 0.29) is 0 Å². The molecule has 0 radical (unpaired) electrons. The second-order valence-corrected chi connectivity index (χ2v) is 5.34. The summed E-state index contributed by atoms with van der Waals surface area (Å²) in [5, 5.41) is 22.0. The van der Waals surface area contributed by atoms with Crippen LogP contribution in [0.3, 0.4) is 0 Å². The summed E-state index contributed by atoms with van der Waals surface area (Å²) in [7, 11) is -11.7. The molecule has 0 aromatic rings. The van der Waals surface area contributed by atoms with E-state index in [0.29, 0.717) is 0 Å². The van der Waals surface area contributed by atoms with Gasteiger partial charge in [-0.15, -0.1) is 0 Å². The standard InChI is InChI=1S/3C2H3N.2CHF3O3S/c3*1-2-3;2*2-1(3,4)8(5,6)7/h3*1H3;2*(H,5,6,7). The zero-order chi connectivity index (χ0) is 22.1. The Morgan fingerprint density at radius 3 is 0.680 bits per heavy atom. The van der Waals surface area contributed by atoms with Crippen LogP contribution < -0.4 is 0 Å². The first-order valence-electron chi connectivity index (χ1n) is 4.74. The van der Waals surface area contributed by atoms with Crippen molar-refractivity contribution in [3.63, 3.8) is 0 Å². The van der Waals surface area contributed by atoms with Crippen LogP contribution in [-0.4, -0.2) is 37.0 Å². The van der Waals surface area contributed by atoms with Gasteiger partial charge in [0.1, 0.15) is 0 Å². The van der Waals surface area contributed by atoms with Crippen molar-refractivity contribution in [1.29, 1.82) is 15.8 Å². The van der Waals surface area contributed by atoms with E-state index < -0.39 is 31.3 Å². The van der Waals surface area contributed by atoms with Crippen LogP contribution in [0, 0.1) is 34.0 Å². The van der Waals surface area contributed by atoms with Crippen LogP contribution in [0.1, 0.15) is 20.8 Å². The van der Waals surface area contributed by atoms with Gasteiger partial charge < -0.3 is 0 Å². The number of halogens is 6. The Balaban J connectivity index is -0.0000000731. The second kappa shape index (κ2) is 15.4. The highest BCUT2D eigenvalue weighted by Crippen LogP contribution is 2.21. The van der Waals surface area contributed by atoms with Gasteiger partial charge in [0.25, 0.3) is 0 Å². The van der Waals surface area contributed by atoms with Gasteiger partial charge >= 0.3 is 31.3 Å². The highest BCUT2D eigenvalue weighted by atomic mass is 32.2. The quantitative estimate of drug-likeness (QED) is 0.336. The van der Waals surface area contributed by atoms with Crippen molar-refractivity contribution in [2.24, 2.45) is 0 Å². The molecule has 9 nitrogen and oxygen atoms in total. The molecule has 2 N–H and O–H groups in total. The lowest BCUT2D eigenvalue weighted by Gasteiger charge is -1.97. The molecule has 0 aliphatic rings. The molecule has 0 aliphatic heterocycles. The fourth-order valence-corrected chi connectivity index (χ4v) is 0. The van der Waals surface area contributed by atoms with E-state index >= 15 is 0 Å². The summed E-state index contributed by atoms with van der Waals surface area (Å²) < 4.78 is 115. The molecular formula is C8H11F6N3O6S2. The first kappa shape index (κ1) is 34.3. The van der Waals surface area contributed by atoms with Crippen LogP contribution in [0.25, 0.3) is 0 Å². The fraction of sp³-hybridized carbons (Fsp3) is 0.625. The van der Waals surface area contributed by atoms with Gasteiger partial charge in [-0.25, -0.2) is 0 Å². The van der Waals surface area contributed by atoms with Crippen LogP contribution in [0.2, 0.25) is 0 Å². The Morgan fingerprint density at radius 1 is 0.640 bits per heavy atom. The molecule has 0 aromatic carbocycles. The molecule has 25 heavy (non-hydrogen) atoms. The van der Waals surface area contributed by atoms with Gasteiger partial charge in [0.05, 0.1) is 18.2 Å². The highest BCUT2D eigenvalue weighted by Gasteiger charge is 2.45. The van der Waals surface area contributed by atoms with Crippen LogP contribution in [0.5, 0.6) is 0 Å². The van der Waals surface area contributed by atoms with Crippen molar-refractivity contribution in [2.45, 2.75) is 31.8 Å². The molecule has 0 bridgehead atoms. The Kier molecular flexibility index (Phi) is 21.1. The maximum atomic E-state index is 10.7. The molecule has 0 rings (SSSR count). The Hall–Kier alpha value is -2.13. The summed E-state index contributed by atoms with van der Waals surface area (Å²) in [6.45, 7) is 4.29. The lowest BCUT2D eigenvalue weighted by Crippen LogP contribution is -2.21. The lowest BCUT2D eigenvalue weighted by molar-refractivity contribution is -0.0514. The smallest absolute Gasteiger partial charge is 0.279 e. The van der Waals surface area contributed by atoms with Gasteiger partial charge in [0.2, 0.25) is 0 Å². The number of hydrogen-bond donors (Lipinski definition) is 2. The fourth-order valence-electron chi connectivity index (χ4n) is 0. The summed E-state index contributed by atoms with van der Waals surface area (Å²) in [6.07, 6.45) is 0. The van der Waals surface area contributed by atoms with Gasteiger partial charge in [-0.2, -0.15) is 59.0 Å². The monoisotopic (exact) mass is 423 g/mol. The van der Waals surface area contributed by atoms with Gasteiger partial charge in [-0.1, -0.05) is 0 Å². The molecule has 0 atom stereocenters. The van der Waals surface area contributed by atoms with Crippen LogP contribution in [-0.2, 0) is 20.2 Å². The second-order valence-electron chi connectivity index (χ2n) is 2.51.